The Morgan fingerprint density at radius 2 is 1.93 bits per heavy atom. The van der Waals surface area contributed by atoms with E-state index in [2.05, 4.69) is 61.7 Å². The van der Waals surface area contributed by atoms with E-state index in [1.807, 2.05) is 53.4 Å². The molecule has 29 heavy (non-hydrogen) atoms. The molecule has 4 aromatic rings. The zero-order valence-electron chi connectivity index (χ0n) is 15.5. The molecule has 2 aromatic heterocycles. The summed E-state index contributed by atoms with van der Waals surface area (Å²) >= 11 is 5.15. The lowest BCUT2D eigenvalue weighted by Crippen LogP contribution is -2.37. The highest BCUT2D eigenvalue weighted by molar-refractivity contribution is 9.10. The summed E-state index contributed by atoms with van der Waals surface area (Å²) in [4.78, 5) is 16.5. The number of para-hydroxylation sites is 1. The average Bonchev–Trinajstić information content (AvgIpc) is 3.39. The van der Waals surface area contributed by atoms with Crippen LogP contribution in [0.4, 0.5) is 10.5 Å². The summed E-state index contributed by atoms with van der Waals surface area (Å²) in [5, 5.41) is 5.14. The highest BCUT2D eigenvalue weighted by Gasteiger charge is 2.33. The Labute approximate surface area is 181 Å². The Balaban J connectivity index is 1.61. The molecule has 1 N–H and O–H groups in total. The summed E-state index contributed by atoms with van der Waals surface area (Å²) in [6, 6.07) is 23.9. The molecule has 0 radical (unpaired) electrons. The number of aromatic nitrogens is 1. The molecule has 1 aliphatic heterocycles. The Morgan fingerprint density at radius 3 is 2.76 bits per heavy atom. The van der Waals surface area contributed by atoms with Gasteiger partial charge < -0.3 is 14.8 Å². The van der Waals surface area contributed by atoms with Crippen LogP contribution < -0.4 is 5.32 Å². The first-order valence-electron chi connectivity index (χ1n) is 9.33. The van der Waals surface area contributed by atoms with Crippen molar-refractivity contribution in [1.82, 2.24) is 9.47 Å². The van der Waals surface area contributed by atoms with E-state index in [9.17, 15) is 4.79 Å². The maximum Gasteiger partial charge on any atom is 0.323 e. The summed E-state index contributed by atoms with van der Waals surface area (Å²) in [5.41, 5.74) is 4.09. The van der Waals surface area contributed by atoms with Gasteiger partial charge in [0.05, 0.1) is 17.9 Å². The van der Waals surface area contributed by atoms with Crippen LogP contribution in [0.3, 0.4) is 0 Å². The van der Waals surface area contributed by atoms with Crippen molar-refractivity contribution in [2.24, 2.45) is 0 Å². The minimum Gasteiger partial charge on any atom is -0.318 e. The van der Waals surface area contributed by atoms with Crippen LogP contribution in [-0.2, 0) is 6.54 Å². The summed E-state index contributed by atoms with van der Waals surface area (Å²) in [6.45, 7) is 0.528. The van der Waals surface area contributed by atoms with Crippen LogP contribution in [-0.4, -0.2) is 15.5 Å². The lowest BCUT2D eigenvalue weighted by atomic mass is 10.1. The second-order valence-electron chi connectivity index (χ2n) is 6.92. The third-order valence-corrected chi connectivity index (χ3v) is 6.53. The number of nitrogens with one attached hydrogen (secondary N) is 1. The minimum absolute atomic E-state index is 0.119. The van der Waals surface area contributed by atoms with Gasteiger partial charge in [0.1, 0.15) is 6.04 Å². The molecule has 5 rings (SSSR count). The highest BCUT2D eigenvalue weighted by atomic mass is 79.9. The Morgan fingerprint density at radius 1 is 1.03 bits per heavy atom. The van der Waals surface area contributed by atoms with Crippen molar-refractivity contribution in [3.05, 3.63) is 105 Å². The molecule has 0 saturated carbocycles. The summed E-state index contributed by atoms with van der Waals surface area (Å²) in [5.74, 6) is 0. The molecular weight excluding hydrogens is 446 g/mol. The maximum absolute atomic E-state index is 13.5. The van der Waals surface area contributed by atoms with Gasteiger partial charge in [0.2, 0.25) is 0 Å². The van der Waals surface area contributed by atoms with Gasteiger partial charge in [-0.2, -0.15) is 0 Å². The lowest BCUT2D eigenvalue weighted by molar-refractivity contribution is 0.195. The summed E-state index contributed by atoms with van der Waals surface area (Å²) in [7, 11) is 0. The van der Waals surface area contributed by atoms with Crippen LogP contribution in [0.1, 0.15) is 22.2 Å². The van der Waals surface area contributed by atoms with Crippen molar-refractivity contribution < 1.29 is 4.79 Å². The number of carbonyl (C=O) groups excluding carboxylic acids is 1. The second kappa shape index (κ2) is 7.54. The van der Waals surface area contributed by atoms with Gasteiger partial charge in [-0.15, -0.1) is 11.3 Å². The van der Waals surface area contributed by atoms with Crippen molar-refractivity contribution in [1.29, 1.82) is 0 Å². The predicted octanol–water partition coefficient (Wildman–Crippen LogP) is 6.44. The van der Waals surface area contributed by atoms with Crippen molar-refractivity contribution in [3.8, 4) is 5.69 Å². The zero-order valence-corrected chi connectivity index (χ0v) is 17.9. The SMILES string of the molecule is O=C(Nc1cccc(Br)c1)N1Cc2ccccc2-n2cccc2[C@H]1c1cccs1. The first-order chi connectivity index (χ1) is 14.2. The summed E-state index contributed by atoms with van der Waals surface area (Å²) in [6.07, 6.45) is 2.07. The van der Waals surface area contributed by atoms with Crippen molar-refractivity contribution in [3.63, 3.8) is 0 Å². The van der Waals surface area contributed by atoms with Crippen LogP contribution in [0.5, 0.6) is 0 Å². The number of carbonyl (C=O) groups is 1. The Kier molecular flexibility index (Phi) is 4.73. The molecule has 3 heterocycles. The highest BCUT2D eigenvalue weighted by Crippen LogP contribution is 2.38. The monoisotopic (exact) mass is 463 g/mol. The van der Waals surface area contributed by atoms with Gasteiger partial charge in [0.15, 0.2) is 0 Å². The molecule has 0 bridgehead atoms. The third-order valence-electron chi connectivity index (χ3n) is 5.11. The molecule has 4 nitrogen and oxygen atoms in total. The van der Waals surface area contributed by atoms with E-state index < -0.39 is 0 Å². The van der Waals surface area contributed by atoms with Crippen molar-refractivity contribution >= 4 is 39.0 Å². The molecule has 0 spiro atoms. The number of halogens is 1. The predicted molar refractivity (Wildman–Crippen MR) is 121 cm³/mol. The normalized spacial score (nSPS) is 15.3. The van der Waals surface area contributed by atoms with Crippen molar-refractivity contribution in [2.75, 3.05) is 5.32 Å². The van der Waals surface area contributed by atoms with Gasteiger partial charge in [-0.1, -0.05) is 46.3 Å². The van der Waals surface area contributed by atoms with E-state index in [4.69, 9.17) is 0 Å². The van der Waals surface area contributed by atoms with Crippen LogP contribution in [0, 0.1) is 0 Å². The average molecular weight is 464 g/mol. The molecule has 2 aromatic carbocycles. The number of amides is 2. The van der Waals surface area contributed by atoms with Crippen LogP contribution in [0.2, 0.25) is 0 Å². The molecule has 2 amide bonds. The fraction of sp³-hybridized carbons (Fsp3) is 0.0870. The van der Waals surface area contributed by atoms with Gasteiger partial charge in [0.25, 0.3) is 0 Å². The number of nitrogens with zero attached hydrogens (tertiary/aromatic N) is 2. The molecule has 0 fully saturated rings. The van der Waals surface area contributed by atoms with Gasteiger partial charge in [-0.05, 0) is 53.4 Å². The Bertz CT molecular complexity index is 1170. The number of anilines is 1. The van der Waals surface area contributed by atoms with E-state index >= 15 is 0 Å². The first kappa shape index (κ1) is 18.2. The molecule has 1 atom stereocenters. The van der Waals surface area contributed by atoms with Crippen LogP contribution >= 0.6 is 27.3 Å². The maximum atomic E-state index is 13.5. The van der Waals surface area contributed by atoms with E-state index in [1.54, 1.807) is 11.3 Å². The quantitative estimate of drug-likeness (QED) is 0.364. The van der Waals surface area contributed by atoms with E-state index in [-0.39, 0.29) is 12.1 Å². The van der Waals surface area contributed by atoms with Crippen LogP contribution in [0.25, 0.3) is 5.69 Å². The molecular formula is C23H18BrN3OS. The van der Waals surface area contributed by atoms with Crippen LogP contribution in [0.15, 0.2) is 88.8 Å². The molecule has 0 unspecified atom stereocenters. The molecule has 1 aliphatic rings. The molecule has 0 aliphatic carbocycles. The fourth-order valence-corrected chi connectivity index (χ4v) is 5.09. The standard InChI is InChI=1S/C23H18BrN3OS/c24-17-7-3-8-18(14-17)25-23(28)27-15-16-6-1-2-9-19(16)26-12-4-10-20(26)22(27)21-11-5-13-29-21/h1-14,22H,15H2,(H,25,28)/t22-/m0/s1. The number of hydrogen-bond acceptors (Lipinski definition) is 2. The van der Waals surface area contributed by atoms with E-state index in [1.165, 1.54) is 0 Å². The molecule has 6 heteroatoms. The summed E-state index contributed by atoms with van der Waals surface area (Å²) < 4.78 is 3.13. The first-order valence-corrected chi connectivity index (χ1v) is 11.0. The fourth-order valence-electron chi connectivity index (χ4n) is 3.85. The molecule has 144 valence electrons. The van der Waals surface area contributed by atoms with Gasteiger partial charge in [-0.3, -0.25) is 0 Å². The largest absolute Gasteiger partial charge is 0.323 e. The zero-order chi connectivity index (χ0) is 19.8. The van der Waals surface area contributed by atoms with Gasteiger partial charge in [-0.25, -0.2) is 4.79 Å². The third kappa shape index (κ3) is 3.39. The number of fused-ring (bicyclic) bond motifs is 3. The lowest BCUT2D eigenvalue weighted by Gasteiger charge is -2.30. The number of urea groups is 1. The number of benzene rings is 2. The number of thiophene rings is 1. The number of hydrogen-bond donors (Lipinski definition) is 1. The van der Waals surface area contributed by atoms with Crippen molar-refractivity contribution in [2.45, 2.75) is 12.6 Å². The topological polar surface area (TPSA) is 37.3 Å². The van der Waals surface area contributed by atoms with Gasteiger partial charge >= 0.3 is 6.03 Å². The smallest absolute Gasteiger partial charge is 0.318 e. The minimum atomic E-state index is -0.162. The van der Waals surface area contributed by atoms with Gasteiger partial charge in [0, 0.05) is 21.2 Å². The Hall–Kier alpha value is -2.83. The molecule has 0 saturated heterocycles. The number of rotatable bonds is 2. The van der Waals surface area contributed by atoms with E-state index in [0.717, 1.165) is 32.0 Å². The second-order valence-corrected chi connectivity index (χ2v) is 8.81. The van der Waals surface area contributed by atoms with E-state index in [0.29, 0.717) is 6.54 Å².